The van der Waals surface area contributed by atoms with Gasteiger partial charge in [-0.25, -0.2) is 9.59 Å². The van der Waals surface area contributed by atoms with E-state index >= 15 is 0 Å². The zero-order chi connectivity index (χ0) is 19.4. The normalized spacial score (nSPS) is 12.3. The van der Waals surface area contributed by atoms with Crippen LogP contribution in [0.2, 0.25) is 0 Å². The first-order chi connectivity index (χ1) is 13.0. The summed E-state index contributed by atoms with van der Waals surface area (Å²) in [7, 11) is 2.52. The lowest BCUT2D eigenvalue weighted by molar-refractivity contribution is -0.116. The highest BCUT2D eigenvalue weighted by molar-refractivity contribution is 5.99. The van der Waals surface area contributed by atoms with Crippen molar-refractivity contribution in [3.63, 3.8) is 0 Å². The van der Waals surface area contributed by atoms with Crippen LogP contribution in [0.4, 0.5) is 11.4 Å². The Morgan fingerprint density at radius 1 is 1.00 bits per heavy atom. The molecule has 0 aliphatic carbocycles. The maximum Gasteiger partial charge on any atom is 0.337 e. The van der Waals surface area contributed by atoms with Crippen molar-refractivity contribution in [1.29, 1.82) is 0 Å². The highest BCUT2D eigenvalue weighted by Crippen LogP contribution is 2.27. The van der Waals surface area contributed by atoms with Crippen molar-refractivity contribution in [2.24, 2.45) is 0 Å². The molecule has 0 fully saturated rings. The van der Waals surface area contributed by atoms with Crippen LogP contribution in [0.1, 0.15) is 26.3 Å². The van der Waals surface area contributed by atoms with Crippen LogP contribution in [0, 0.1) is 0 Å². The number of carbonyl (C=O) groups is 3. The summed E-state index contributed by atoms with van der Waals surface area (Å²) in [6.45, 7) is 0.662. The standard InChI is InChI=1S/C20H20N2O5/c1-26-19(24)14-9-15(20(25)27-2)11-16(10-14)21-12-18(23)22-8-7-13-5-3-4-6-17(13)22/h3-6,9-11,21H,7-8,12H2,1-2H3. The minimum atomic E-state index is -0.580. The molecule has 1 aliphatic heterocycles. The summed E-state index contributed by atoms with van der Waals surface area (Å²) in [6, 6.07) is 12.2. The zero-order valence-electron chi connectivity index (χ0n) is 15.2. The molecule has 3 rings (SSSR count). The number of methoxy groups -OCH3 is 2. The van der Waals surface area contributed by atoms with E-state index in [1.54, 1.807) is 4.90 Å². The number of ether oxygens (including phenoxy) is 2. The second-order valence-electron chi connectivity index (χ2n) is 6.06. The lowest BCUT2D eigenvalue weighted by Gasteiger charge is -2.18. The van der Waals surface area contributed by atoms with Crippen LogP contribution in [0.5, 0.6) is 0 Å². The van der Waals surface area contributed by atoms with E-state index in [0.717, 1.165) is 17.7 Å². The molecule has 2 aromatic rings. The number of benzene rings is 2. The van der Waals surface area contributed by atoms with Gasteiger partial charge in [0.25, 0.3) is 0 Å². The van der Waals surface area contributed by atoms with Crippen LogP contribution in [0.15, 0.2) is 42.5 Å². The summed E-state index contributed by atoms with van der Waals surface area (Å²) < 4.78 is 9.42. The molecule has 0 saturated carbocycles. The fraction of sp³-hybridized carbons (Fsp3) is 0.250. The molecule has 0 saturated heterocycles. The monoisotopic (exact) mass is 368 g/mol. The van der Waals surface area contributed by atoms with Crippen molar-refractivity contribution in [2.75, 3.05) is 37.5 Å². The summed E-state index contributed by atoms with van der Waals surface area (Å²) in [6.07, 6.45) is 0.826. The van der Waals surface area contributed by atoms with Crippen LogP contribution >= 0.6 is 0 Å². The van der Waals surface area contributed by atoms with Gasteiger partial charge < -0.3 is 19.7 Å². The van der Waals surface area contributed by atoms with E-state index in [4.69, 9.17) is 9.47 Å². The highest BCUT2D eigenvalue weighted by Gasteiger charge is 2.24. The van der Waals surface area contributed by atoms with Crippen molar-refractivity contribution < 1.29 is 23.9 Å². The van der Waals surface area contributed by atoms with Gasteiger partial charge in [-0.1, -0.05) is 18.2 Å². The van der Waals surface area contributed by atoms with Gasteiger partial charge in [0.05, 0.1) is 31.9 Å². The Labute approximate surface area is 156 Å². The van der Waals surface area contributed by atoms with Crippen LogP contribution in [0.25, 0.3) is 0 Å². The third-order valence-corrected chi connectivity index (χ3v) is 4.41. The van der Waals surface area contributed by atoms with Gasteiger partial charge in [0.2, 0.25) is 5.91 Å². The number of rotatable bonds is 5. The molecular formula is C20H20N2O5. The first-order valence-electron chi connectivity index (χ1n) is 8.47. The number of nitrogens with zero attached hydrogens (tertiary/aromatic N) is 1. The fourth-order valence-corrected chi connectivity index (χ4v) is 3.07. The maximum atomic E-state index is 12.6. The molecule has 0 unspecified atom stereocenters. The molecule has 7 nitrogen and oxygen atoms in total. The average Bonchev–Trinajstić information content (AvgIpc) is 3.14. The van der Waals surface area contributed by atoms with Gasteiger partial charge in [-0.05, 0) is 36.2 Å². The molecule has 1 heterocycles. The molecular weight excluding hydrogens is 348 g/mol. The lowest BCUT2D eigenvalue weighted by Crippen LogP contribution is -2.34. The maximum absolute atomic E-state index is 12.6. The van der Waals surface area contributed by atoms with Gasteiger partial charge in [0, 0.05) is 17.9 Å². The molecule has 140 valence electrons. The molecule has 2 aromatic carbocycles. The zero-order valence-corrected chi connectivity index (χ0v) is 15.2. The number of anilines is 2. The first-order valence-corrected chi connectivity index (χ1v) is 8.47. The molecule has 1 amide bonds. The van der Waals surface area contributed by atoms with Crippen molar-refractivity contribution in [3.8, 4) is 0 Å². The van der Waals surface area contributed by atoms with E-state index in [0.29, 0.717) is 12.2 Å². The molecule has 0 radical (unpaired) electrons. The topological polar surface area (TPSA) is 84.9 Å². The molecule has 1 N–H and O–H groups in total. The highest BCUT2D eigenvalue weighted by atomic mass is 16.5. The van der Waals surface area contributed by atoms with E-state index in [1.165, 1.54) is 32.4 Å². The second kappa shape index (κ2) is 7.90. The third-order valence-electron chi connectivity index (χ3n) is 4.41. The third kappa shape index (κ3) is 3.92. The van der Waals surface area contributed by atoms with E-state index in [1.807, 2.05) is 24.3 Å². The van der Waals surface area contributed by atoms with Crippen molar-refractivity contribution in [2.45, 2.75) is 6.42 Å². The number of amides is 1. The van der Waals surface area contributed by atoms with Crippen LogP contribution in [-0.4, -0.2) is 45.2 Å². The number of para-hydroxylation sites is 1. The largest absolute Gasteiger partial charge is 0.465 e. The van der Waals surface area contributed by atoms with E-state index < -0.39 is 11.9 Å². The van der Waals surface area contributed by atoms with Gasteiger partial charge in [-0.15, -0.1) is 0 Å². The summed E-state index contributed by atoms with van der Waals surface area (Å²) in [5.41, 5.74) is 2.91. The van der Waals surface area contributed by atoms with Crippen LogP contribution in [0.3, 0.4) is 0 Å². The second-order valence-corrected chi connectivity index (χ2v) is 6.06. The van der Waals surface area contributed by atoms with Crippen molar-refractivity contribution in [1.82, 2.24) is 0 Å². The number of nitrogens with one attached hydrogen (secondary N) is 1. The van der Waals surface area contributed by atoms with Gasteiger partial charge in [0.1, 0.15) is 0 Å². The molecule has 1 aliphatic rings. The Balaban J connectivity index is 1.76. The number of esters is 2. The Morgan fingerprint density at radius 3 is 2.26 bits per heavy atom. The molecule has 0 bridgehead atoms. The van der Waals surface area contributed by atoms with Crippen LogP contribution < -0.4 is 10.2 Å². The Hall–Kier alpha value is -3.35. The van der Waals surface area contributed by atoms with E-state index in [2.05, 4.69) is 5.32 Å². The van der Waals surface area contributed by atoms with Crippen molar-refractivity contribution in [3.05, 3.63) is 59.2 Å². The van der Waals surface area contributed by atoms with Gasteiger partial charge in [-0.3, -0.25) is 4.79 Å². The average molecular weight is 368 g/mol. The van der Waals surface area contributed by atoms with E-state index in [-0.39, 0.29) is 23.6 Å². The minimum Gasteiger partial charge on any atom is -0.465 e. The Kier molecular flexibility index (Phi) is 5.40. The predicted octanol–water partition coefficient (Wildman–Crippen LogP) is 2.26. The number of fused-ring (bicyclic) bond motifs is 1. The molecule has 0 aromatic heterocycles. The quantitative estimate of drug-likeness (QED) is 0.815. The van der Waals surface area contributed by atoms with Crippen LogP contribution in [-0.2, 0) is 20.7 Å². The lowest BCUT2D eigenvalue weighted by atomic mass is 10.1. The Bertz CT molecular complexity index is 859. The Morgan fingerprint density at radius 2 is 1.63 bits per heavy atom. The SMILES string of the molecule is COC(=O)c1cc(NCC(=O)N2CCc3ccccc32)cc(C(=O)OC)c1. The summed E-state index contributed by atoms with van der Waals surface area (Å²) in [5.74, 6) is -1.25. The summed E-state index contributed by atoms with van der Waals surface area (Å²) >= 11 is 0. The number of hydrogen-bond acceptors (Lipinski definition) is 6. The first kappa shape index (κ1) is 18.4. The smallest absolute Gasteiger partial charge is 0.337 e. The molecule has 27 heavy (non-hydrogen) atoms. The molecule has 7 heteroatoms. The fourth-order valence-electron chi connectivity index (χ4n) is 3.07. The minimum absolute atomic E-state index is 0.0274. The van der Waals surface area contributed by atoms with Gasteiger partial charge >= 0.3 is 11.9 Å². The van der Waals surface area contributed by atoms with Gasteiger partial charge in [-0.2, -0.15) is 0 Å². The van der Waals surface area contributed by atoms with E-state index in [9.17, 15) is 14.4 Å². The number of hydrogen-bond donors (Lipinski definition) is 1. The van der Waals surface area contributed by atoms with Gasteiger partial charge in [0.15, 0.2) is 0 Å². The molecule has 0 spiro atoms. The summed E-state index contributed by atoms with van der Waals surface area (Å²) in [4.78, 5) is 38.0. The summed E-state index contributed by atoms with van der Waals surface area (Å²) in [5, 5.41) is 2.98. The predicted molar refractivity (Wildman–Crippen MR) is 100 cm³/mol. The number of carbonyl (C=O) groups excluding carboxylic acids is 3. The van der Waals surface area contributed by atoms with Crippen molar-refractivity contribution >= 4 is 29.2 Å². The molecule has 0 atom stereocenters.